The van der Waals surface area contributed by atoms with Crippen molar-refractivity contribution >= 4 is 11.8 Å². The molecule has 4 nitrogen and oxygen atoms in total. The van der Waals surface area contributed by atoms with E-state index in [2.05, 4.69) is 17.5 Å². The molecule has 29 heavy (non-hydrogen) atoms. The van der Waals surface area contributed by atoms with Gasteiger partial charge in [-0.05, 0) is 37.3 Å². The van der Waals surface area contributed by atoms with Gasteiger partial charge in [0.25, 0.3) is 0 Å². The fraction of sp³-hybridized carbons (Fsp3) is 0.125. The van der Waals surface area contributed by atoms with E-state index in [1.165, 1.54) is 12.1 Å². The SMILES string of the molecule is C#Cc1ccc(/C(C=C)=C/n2cc(COc3cccc(F)c3)nc2C)c(OC)c1. The molecule has 1 aromatic heterocycles. The molecule has 2 aromatic carbocycles. The summed E-state index contributed by atoms with van der Waals surface area (Å²) in [4.78, 5) is 4.51. The molecular weight excluding hydrogens is 367 g/mol. The number of ether oxygens (including phenoxy) is 2. The van der Waals surface area contributed by atoms with Crippen LogP contribution in [0.4, 0.5) is 4.39 Å². The number of terminal acetylenes is 1. The first-order valence-corrected chi connectivity index (χ1v) is 8.96. The predicted octanol–water partition coefficient (Wildman–Crippen LogP) is 5.08. The second-order valence-corrected chi connectivity index (χ2v) is 6.28. The van der Waals surface area contributed by atoms with Crippen molar-refractivity contribution in [2.45, 2.75) is 13.5 Å². The van der Waals surface area contributed by atoms with E-state index in [9.17, 15) is 4.39 Å². The van der Waals surface area contributed by atoms with Gasteiger partial charge in [-0.15, -0.1) is 6.42 Å². The lowest BCUT2D eigenvalue weighted by Gasteiger charge is -2.10. The van der Waals surface area contributed by atoms with Crippen LogP contribution in [0.15, 0.2) is 61.3 Å². The maximum Gasteiger partial charge on any atom is 0.132 e. The van der Waals surface area contributed by atoms with Crippen molar-refractivity contribution < 1.29 is 13.9 Å². The molecule has 0 amide bonds. The Labute approximate surface area is 169 Å². The Morgan fingerprint density at radius 3 is 2.83 bits per heavy atom. The van der Waals surface area contributed by atoms with Gasteiger partial charge in [-0.3, -0.25) is 0 Å². The molecule has 5 heteroatoms. The van der Waals surface area contributed by atoms with Crippen molar-refractivity contribution in [2.75, 3.05) is 7.11 Å². The maximum atomic E-state index is 13.3. The molecule has 0 spiro atoms. The van der Waals surface area contributed by atoms with Gasteiger partial charge in [0, 0.05) is 35.2 Å². The fourth-order valence-corrected chi connectivity index (χ4v) is 2.86. The summed E-state index contributed by atoms with van der Waals surface area (Å²) in [6.07, 6.45) is 11.0. The van der Waals surface area contributed by atoms with E-state index in [1.807, 2.05) is 42.1 Å². The normalized spacial score (nSPS) is 11.0. The van der Waals surface area contributed by atoms with E-state index < -0.39 is 0 Å². The van der Waals surface area contributed by atoms with Crippen LogP contribution in [0.1, 0.15) is 22.6 Å². The Hall–Kier alpha value is -3.78. The Bertz CT molecular complexity index is 1110. The molecular formula is C24H21FN2O2. The zero-order chi connectivity index (χ0) is 20.8. The molecule has 0 saturated heterocycles. The Morgan fingerprint density at radius 2 is 2.14 bits per heavy atom. The Kier molecular flexibility index (Phi) is 6.16. The monoisotopic (exact) mass is 388 g/mol. The minimum Gasteiger partial charge on any atom is -0.496 e. The van der Waals surface area contributed by atoms with Gasteiger partial charge in [-0.2, -0.15) is 0 Å². The zero-order valence-corrected chi connectivity index (χ0v) is 16.4. The summed E-state index contributed by atoms with van der Waals surface area (Å²) in [5, 5.41) is 0. The van der Waals surface area contributed by atoms with Crippen molar-refractivity contribution in [3.05, 3.63) is 89.8 Å². The largest absolute Gasteiger partial charge is 0.496 e. The lowest BCUT2D eigenvalue weighted by molar-refractivity contribution is 0.300. The van der Waals surface area contributed by atoms with Crippen LogP contribution in [-0.4, -0.2) is 16.7 Å². The van der Waals surface area contributed by atoms with Gasteiger partial charge in [0.2, 0.25) is 0 Å². The molecule has 3 rings (SSSR count). The highest BCUT2D eigenvalue weighted by atomic mass is 19.1. The number of benzene rings is 2. The summed E-state index contributed by atoms with van der Waals surface area (Å²) in [6.45, 7) is 6.04. The maximum absolute atomic E-state index is 13.3. The van der Waals surface area contributed by atoms with Gasteiger partial charge in [0.15, 0.2) is 0 Å². The first kappa shape index (κ1) is 20.0. The molecule has 0 bridgehead atoms. The van der Waals surface area contributed by atoms with Gasteiger partial charge >= 0.3 is 0 Å². The number of methoxy groups -OCH3 is 1. The molecule has 0 aliphatic heterocycles. The van der Waals surface area contributed by atoms with Crippen LogP contribution >= 0.6 is 0 Å². The van der Waals surface area contributed by atoms with E-state index in [-0.39, 0.29) is 12.4 Å². The lowest BCUT2D eigenvalue weighted by Crippen LogP contribution is -1.96. The van der Waals surface area contributed by atoms with Crippen LogP contribution in [0.5, 0.6) is 11.5 Å². The molecule has 0 aliphatic rings. The number of aromatic nitrogens is 2. The van der Waals surface area contributed by atoms with Crippen molar-refractivity contribution in [2.24, 2.45) is 0 Å². The molecule has 0 N–H and O–H groups in total. The van der Waals surface area contributed by atoms with E-state index >= 15 is 0 Å². The highest BCUT2D eigenvalue weighted by Gasteiger charge is 2.10. The third kappa shape index (κ3) is 4.74. The molecule has 0 unspecified atom stereocenters. The third-order valence-electron chi connectivity index (χ3n) is 4.33. The Morgan fingerprint density at radius 1 is 1.31 bits per heavy atom. The van der Waals surface area contributed by atoms with Gasteiger partial charge in [0.05, 0.1) is 12.8 Å². The van der Waals surface area contributed by atoms with Gasteiger partial charge in [0.1, 0.15) is 29.7 Å². The quantitative estimate of drug-likeness (QED) is 0.418. The number of hydrogen-bond donors (Lipinski definition) is 0. The fourth-order valence-electron chi connectivity index (χ4n) is 2.86. The summed E-state index contributed by atoms with van der Waals surface area (Å²) in [5.41, 5.74) is 3.18. The first-order chi connectivity index (χ1) is 14.0. The van der Waals surface area contributed by atoms with E-state index in [1.54, 1.807) is 25.3 Å². The number of rotatable bonds is 7. The number of aryl methyl sites for hydroxylation is 1. The number of allylic oxidation sites excluding steroid dienone is 2. The molecule has 146 valence electrons. The molecule has 0 aliphatic carbocycles. The van der Waals surface area contributed by atoms with Crippen LogP contribution in [0, 0.1) is 25.1 Å². The molecule has 0 radical (unpaired) electrons. The first-order valence-electron chi connectivity index (χ1n) is 8.96. The number of halogens is 1. The van der Waals surface area contributed by atoms with E-state index in [0.717, 1.165) is 28.2 Å². The van der Waals surface area contributed by atoms with Gasteiger partial charge in [-0.25, -0.2) is 9.37 Å². The van der Waals surface area contributed by atoms with Gasteiger partial charge < -0.3 is 14.0 Å². The van der Waals surface area contributed by atoms with Crippen LogP contribution in [-0.2, 0) is 6.61 Å². The minimum atomic E-state index is -0.340. The number of imidazole rings is 1. The zero-order valence-electron chi connectivity index (χ0n) is 16.4. The van der Waals surface area contributed by atoms with E-state index in [4.69, 9.17) is 15.9 Å². The minimum absolute atomic E-state index is 0.231. The van der Waals surface area contributed by atoms with Crippen molar-refractivity contribution in [3.8, 4) is 23.8 Å². The van der Waals surface area contributed by atoms with Crippen LogP contribution in [0.3, 0.4) is 0 Å². The molecule has 0 fully saturated rings. The smallest absolute Gasteiger partial charge is 0.132 e. The summed E-state index contributed by atoms with van der Waals surface area (Å²) in [7, 11) is 1.60. The average molecular weight is 388 g/mol. The molecule has 1 heterocycles. The van der Waals surface area contributed by atoms with Crippen molar-refractivity contribution in [3.63, 3.8) is 0 Å². The standard InChI is InChI=1S/C24H21FN2O2/c1-5-18-10-11-23(24(12-18)28-4)19(6-2)14-27-15-21(26-17(27)3)16-29-22-9-7-8-20(25)13-22/h1,6-15H,2,16H2,3-4H3/b19-14+. The highest BCUT2D eigenvalue weighted by molar-refractivity contribution is 5.85. The Balaban J connectivity index is 1.85. The number of nitrogens with zero attached hydrogens (tertiary/aromatic N) is 2. The second-order valence-electron chi connectivity index (χ2n) is 6.28. The van der Waals surface area contributed by atoms with Crippen LogP contribution in [0.25, 0.3) is 11.8 Å². The van der Waals surface area contributed by atoms with Crippen LogP contribution < -0.4 is 9.47 Å². The second kappa shape index (κ2) is 8.94. The lowest BCUT2D eigenvalue weighted by atomic mass is 10.0. The molecule has 0 saturated carbocycles. The summed E-state index contributed by atoms with van der Waals surface area (Å²) in [6, 6.07) is 11.6. The highest BCUT2D eigenvalue weighted by Crippen LogP contribution is 2.28. The topological polar surface area (TPSA) is 36.3 Å². The summed E-state index contributed by atoms with van der Waals surface area (Å²) < 4.78 is 26.3. The summed E-state index contributed by atoms with van der Waals surface area (Å²) in [5.74, 6) is 4.16. The third-order valence-corrected chi connectivity index (χ3v) is 4.33. The van der Waals surface area contributed by atoms with Crippen LogP contribution in [0.2, 0.25) is 0 Å². The predicted molar refractivity (Wildman–Crippen MR) is 113 cm³/mol. The van der Waals surface area contributed by atoms with Crippen molar-refractivity contribution in [1.82, 2.24) is 9.55 Å². The average Bonchev–Trinajstić information content (AvgIpc) is 3.09. The van der Waals surface area contributed by atoms with E-state index in [0.29, 0.717) is 11.5 Å². The molecule has 3 aromatic rings. The number of hydrogen-bond acceptors (Lipinski definition) is 3. The van der Waals surface area contributed by atoms with Gasteiger partial charge in [-0.1, -0.05) is 24.6 Å². The summed E-state index contributed by atoms with van der Waals surface area (Å²) >= 11 is 0. The molecule has 0 atom stereocenters. The van der Waals surface area contributed by atoms with Crippen molar-refractivity contribution in [1.29, 1.82) is 0 Å².